The molecule has 0 atom stereocenters. The van der Waals surface area contributed by atoms with Crippen LogP contribution < -0.4 is 0 Å². The summed E-state index contributed by atoms with van der Waals surface area (Å²) in [5, 5.41) is 8.72. The third-order valence-electron chi connectivity index (χ3n) is 1.16. The van der Waals surface area contributed by atoms with Crippen LogP contribution in [0.15, 0.2) is 12.1 Å². The van der Waals surface area contributed by atoms with Crippen LogP contribution in [0.2, 0.25) is 5.15 Å². The summed E-state index contributed by atoms with van der Waals surface area (Å²) in [6.45, 7) is 1.76. The van der Waals surface area contributed by atoms with Crippen LogP contribution in [0.1, 0.15) is 16.1 Å². The van der Waals surface area contributed by atoms with Crippen LogP contribution in [-0.4, -0.2) is 16.1 Å². The predicted molar refractivity (Wildman–Crippen MR) is 40.9 cm³/mol. The number of carboxylic acid groups (broad SMARTS) is 1. The number of rotatable bonds is 1. The van der Waals surface area contributed by atoms with Crippen molar-refractivity contribution < 1.29 is 9.90 Å². The van der Waals surface area contributed by atoms with Crippen molar-refractivity contribution in [1.29, 1.82) is 0 Å². The second kappa shape index (κ2) is 2.88. The summed E-state index contributed by atoms with van der Waals surface area (Å²) in [6, 6.07) is 3.07. The van der Waals surface area contributed by atoms with Gasteiger partial charge in [-0.05, 0) is 24.6 Å². The van der Waals surface area contributed by atoms with Crippen molar-refractivity contribution in [1.82, 2.24) is 4.98 Å². The lowest BCUT2D eigenvalue weighted by Gasteiger charge is -1.96. The Kier molecular flexibility index (Phi) is 2.10. The van der Waals surface area contributed by atoms with Gasteiger partial charge in [0, 0.05) is 0 Å². The summed E-state index contributed by atoms with van der Waals surface area (Å²) >= 11 is 5.52. The number of aromatic nitrogens is 1. The van der Waals surface area contributed by atoms with Gasteiger partial charge in [0.1, 0.15) is 10.8 Å². The molecular formula is C7H6ClNO2. The largest absolute Gasteiger partial charge is 0.477 e. The highest BCUT2D eigenvalue weighted by Gasteiger charge is 2.05. The first-order valence-electron chi connectivity index (χ1n) is 2.97. The van der Waals surface area contributed by atoms with Gasteiger partial charge in [-0.2, -0.15) is 0 Å². The van der Waals surface area contributed by atoms with E-state index in [1.807, 2.05) is 0 Å². The summed E-state index contributed by atoms with van der Waals surface area (Å²) in [5.41, 5.74) is 0.775. The van der Waals surface area contributed by atoms with Gasteiger partial charge in [-0.25, -0.2) is 9.78 Å². The lowest BCUT2D eigenvalue weighted by Crippen LogP contribution is -2.00. The minimum absolute atomic E-state index is 0.0185. The Labute approximate surface area is 68.6 Å². The molecule has 0 radical (unpaired) electrons. The van der Waals surface area contributed by atoms with E-state index in [0.29, 0.717) is 0 Å². The zero-order chi connectivity index (χ0) is 8.43. The van der Waals surface area contributed by atoms with Gasteiger partial charge in [0.2, 0.25) is 0 Å². The van der Waals surface area contributed by atoms with Gasteiger partial charge in [0.15, 0.2) is 0 Å². The zero-order valence-corrected chi connectivity index (χ0v) is 6.59. The molecule has 0 saturated carbocycles. The smallest absolute Gasteiger partial charge is 0.354 e. The number of hydrogen-bond donors (Lipinski definition) is 1. The number of halogens is 1. The van der Waals surface area contributed by atoms with E-state index in [2.05, 4.69) is 4.98 Å². The standard InChI is InChI=1S/C7H6ClNO2/c1-4-2-5(7(10)11)9-6(8)3-4/h2-3H,1H3,(H,10,11). The summed E-state index contributed by atoms with van der Waals surface area (Å²) < 4.78 is 0. The number of carbonyl (C=O) groups is 1. The van der Waals surface area contributed by atoms with E-state index >= 15 is 0 Å². The molecule has 0 spiro atoms. The zero-order valence-electron chi connectivity index (χ0n) is 5.84. The highest BCUT2D eigenvalue weighted by atomic mass is 35.5. The minimum Gasteiger partial charge on any atom is -0.477 e. The third kappa shape index (κ3) is 1.91. The minimum atomic E-state index is -1.06. The van der Waals surface area contributed by atoms with Crippen molar-refractivity contribution in [3.63, 3.8) is 0 Å². The second-order valence-electron chi connectivity index (χ2n) is 2.16. The Hall–Kier alpha value is -1.09. The van der Waals surface area contributed by atoms with Gasteiger partial charge < -0.3 is 5.11 Å². The first-order valence-corrected chi connectivity index (χ1v) is 3.35. The van der Waals surface area contributed by atoms with Crippen LogP contribution in [-0.2, 0) is 0 Å². The van der Waals surface area contributed by atoms with E-state index in [0.717, 1.165) is 5.56 Å². The number of pyridine rings is 1. The Morgan fingerprint density at radius 3 is 2.73 bits per heavy atom. The SMILES string of the molecule is Cc1cc(Cl)nc(C(=O)O)c1. The molecule has 0 amide bonds. The molecule has 11 heavy (non-hydrogen) atoms. The van der Waals surface area contributed by atoms with Gasteiger partial charge in [-0.3, -0.25) is 0 Å². The maximum absolute atomic E-state index is 10.4. The lowest BCUT2D eigenvalue weighted by molar-refractivity contribution is 0.0690. The average molecular weight is 172 g/mol. The first kappa shape index (κ1) is 8.01. The Balaban J connectivity index is 3.19. The maximum Gasteiger partial charge on any atom is 0.354 e. The molecule has 4 heteroatoms. The fourth-order valence-corrected chi connectivity index (χ4v) is 0.998. The summed E-state index contributed by atoms with van der Waals surface area (Å²) in [6.07, 6.45) is 0. The summed E-state index contributed by atoms with van der Waals surface area (Å²) in [5.74, 6) is -1.06. The Morgan fingerprint density at radius 2 is 2.27 bits per heavy atom. The third-order valence-corrected chi connectivity index (χ3v) is 1.35. The molecule has 0 bridgehead atoms. The molecule has 3 nitrogen and oxygen atoms in total. The van der Waals surface area contributed by atoms with Crippen molar-refractivity contribution in [2.24, 2.45) is 0 Å². The lowest BCUT2D eigenvalue weighted by atomic mass is 10.2. The van der Waals surface area contributed by atoms with Crippen LogP contribution >= 0.6 is 11.6 Å². The number of nitrogens with zero attached hydrogens (tertiary/aromatic N) is 1. The quantitative estimate of drug-likeness (QED) is 0.655. The molecule has 1 heterocycles. The van der Waals surface area contributed by atoms with Gasteiger partial charge in [-0.15, -0.1) is 0 Å². The molecule has 1 aromatic rings. The number of carboxylic acids is 1. The second-order valence-corrected chi connectivity index (χ2v) is 2.54. The van der Waals surface area contributed by atoms with Crippen molar-refractivity contribution in [3.05, 3.63) is 28.5 Å². The molecule has 0 aliphatic rings. The molecule has 1 aromatic heterocycles. The normalized spacial score (nSPS) is 9.64. The molecule has 0 aromatic carbocycles. The van der Waals surface area contributed by atoms with E-state index < -0.39 is 5.97 Å². The van der Waals surface area contributed by atoms with Crippen molar-refractivity contribution in [3.8, 4) is 0 Å². The molecule has 0 aliphatic heterocycles. The van der Waals surface area contributed by atoms with Gasteiger partial charge >= 0.3 is 5.97 Å². The Morgan fingerprint density at radius 1 is 1.64 bits per heavy atom. The number of hydrogen-bond acceptors (Lipinski definition) is 2. The van der Waals surface area contributed by atoms with Gasteiger partial charge in [0.05, 0.1) is 0 Å². The van der Waals surface area contributed by atoms with Gasteiger partial charge in [0.25, 0.3) is 0 Å². The molecule has 0 unspecified atom stereocenters. The first-order chi connectivity index (χ1) is 5.09. The maximum atomic E-state index is 10.4. The van der Waals surface area contributed by atoms with Crippen LogP contribution in [0.3, 0.4) is 0 Å². The van der Waals surface area contributed by atoms with Crippen LogP contribution in [0, 0.1) is 6.92 Å². The number of aromatic carboxylic acids is 1. The molecule has 1 rings (SSSR count). The van der Waals surface area contributed by atoms with Crippen molar-refractivity contribution in [2.45, 2.75) is 6.92 Å². The molecule has 0 aliphatic carbocycles. The summed E-state index contributed by atoms with van der Waals surface area (Å²) in [4.78, 5) is 14.0. The van der Waals surface area contributed by atoms with Crippen molar-refractivity contribution in [2.75, 3.05) is 0 Å². The molecule has 1 N–H and O–H groups in total. The fraction of sp³-hybridized carbons (Fsp3) is 0.143. The highest BCUT2D eigenvalue weighted by Crippen LogP contribution is 2.09. The molecule has 0 fully saturated rings. The monoisotopic (exact) mass is 171 g/mol. The van der Waals surface area contributed by atoms with E-state index in [9.17, 15) is 4.79 Å². The van der Waals surface area contributed by atoms with Crippen LogP contribution in [0.4, 0.5) is 0 Å². The van der Waals surface area contributed by atoms with Crippen LogP contribution in [0.5, 0.6) is 0 Å². The molecule has 0 saturated heterocycles. The molecular weight excluding hydrogens is 166 g/mol. The van der Waals surface area contributed by atoms with E-state index in [1.165, 1.54) is 6.07 Å². The molecule has 58 valence electrons. The summed E-state index contributed by atoms with van der Waals surface area (Å²) in [7, 11) is 0. The van der Waals surface area contributed by atoms with Crippen LogP contribution in [0.25, 0.3) is 0 Å². The highest BCUT2D eigenvalue weighted by molar-refractivity contribution is 6.29. The topological polar surface area (TPSA) is 50.2 Å². The van der Waals surface area contributed by atoms with E-state index in [4.69, 9.17) is 16.7 Å². The van der Waals surface area contributed by atoms with E-state index in [1.54, 1.807) is 13.0 Å². The average Bonchev–Trinajstić information content (AvgIpc) is 1.85. The van der Waals surface area contributed by atoms with E-state index in [-0.39, 0.29) is 10.8 Å². The van der Waals surface area contributed by atoms with Crippen molar-refractivity contribution >= 4 is 17.6 Å². The number of aryl methyl sites for hydroxylation is 1. The van der Waals surface area contributed by atoms with Gasteiger partial charge in [-0.1, -0.05) is 11.6 Å². The predicted octanol–water partition coefficient (Wildman–Crippen LogP) is 1.74. The fourth-order valence-electron chi connectivity index (χ4n) is 0.734. The Bertz CT molecular complexity index is 278.